The summed E-state index contributed by atoms with van der Waals surface area (Å²) in [7, 11) is -2.08. The third-order valence-corrected chi connectivity index (χ3v) is 6.56. The summed E-state index contributed by atoms with van der Waals surface area (Å²) in [6.45, 7) is 0.393. The van der Waals surface area contributed by atoms with E-state index in [1.807, 2.05) is 0 Å². The van der Waals surface area contributed by atoms with Crippen LogP contribution in [0.25, 0.3) is 0 Å². The van der Waals surface area contributed by atoms with Crippen LogP contribution in [-0.2, 0) is 14.8 Å². The highest BCUT2D eigenvalue weighted by Crippen LogP contribution is 2.28. The fraction of sp³-hybridized carbons (Fsp3) is 0.263. The highest BCUT2D eigenvalue weighted by molar-refractivity contribution is 7.92. The SMILES string of the molecule is COC(=O)c1cccc(NC(=O)c2ccc(N3CCCCS3(=O)=O)cc2Cl)c1. The minimum absolute atomic E-state index is 0.101. The van der Waals surface area contributed by atoms with Crippen LogP contribution in [0.4, 0.5) is 11.4 Å². The molecule has 0 atom stereocenters. The van der Waals surface area contributed by atoms with Crippen molar-refractivity contribution >= 4 is 44.9 Å². The van der Waals surface area contributed by atoms with Crippen LogP contribution in [0.1, 0.15) is 33.6 Å². The number of carbonyl (C=O) groups excluding carboxylic acids is 2. The Bertz CT molecular complexity index is 1020. The number of amides is 1. The van der Waals surface area contributed by atoms with E-state index in [-0.39, 0.29) is 16.3 Å². The van der Waals surface area contributed by atoms with E-state index < -0.39 is 21.9 Å². The quantitative estimate of drug-likeness (QED) is 0.763. The zero-order valence-corrected chi connectivity index (χ0v) is 16.7. The summed E-state index contributed by atoms with van der Waals surface area (Å²) in [6, 6.07) is 10.8. The molecule has 1 N–H and O–H groups in total. The molecule has 1 aliphatic heterocycles. The number of sulfonamides is 1. The predicted molar refractivity (Wildman–Crippen MR) is 108 cm³/mol. The molecule has 0 bridgehead atoms. The van der Waals surface area contributed by atoms with Gasteiger partial charge >= 0.3 is 5.97 Å². The highest BCUT2D eigenvalue weighted by atomic mass is 35.5. The number of carbonyl (C=O) groups is 2. The number of methoxy groups -OCH3 is 1. The minimum Gasteiger partial charge on any atom is -0.465 e. The second-order valence-electron chi connectivity index (χ2n) is 6.29. The smallest absolute Gasteiger partial charge is 0.337 e. The monoisotopic (exact) mass is 422 g/mol. The first kappa shape index (κ1) is 20.2. The van der Waals surface area contributed by atoms with E-state index in [0.717, 1.165) is 6.42 Å². The van der Waals surface area contributed by atoms with Crippen molar-refractivity contribution in [2.45, 2.75) is 12.8 Å². The summed E-state index contributed by atoms with van der Waals surface area (Å²) in [6.07, 6.45) is 1.41. The second kappa shape index (κ2) is 8.20. The lowest BCUT2D eigenvalue weighted by molar-refractivity contribution is 0.0600. The number of ether oxygens (including phenoxy) is 1. The van der Waals surface area contributed by atoms with Gasteiger partial charge in [-0.2, -0.15) is 0 Å². The summed E-state index contributed by atoms with van der Waals surface area (Å²) < 4.78 is 30.4. The first-order valence-corrected chi connectivity index (χ1v) is 10.6. The van der Waals surface area contributed by atoms with Crippen LogP contribution in [0.2, 0.25) is 5.02 Å². The Balaban J connectivity index is 1.81. The largest absolute Gasteiger partial charge is 0.465 e. The predicted octanol–water partition coefficient (Wildman–Crippen LogP) is 3.31. The van der Waals surface area contributed by atoms with Crippen LogP contribution in [-0.4, -0.2) is 39.7 Å². The van der Waals surface area contributed by atoms with Crippen LogP contribution in [0.15, 0.2) is 42.5 Å². The molecule has 148 valence electrons. The second-order valence-corrected chi connectivity index (χ2v) is 8.71. The topological polar surface area (TPSA) is 92.8 Å². The third kappa shape index (κ3) is 4.28. The average molecular weight is 423 g/mol. The Morgan fingerprint density at radius 2 is 1.93 bits per heavy atom. The molecule has 1 saturated heterocycles. The summed E-state index contributed by atoms with van der Waals surface area (Å²) in [5.74, 6) is -0.884. The first-order valence-electron chi connectivity index (χ1n) is 8.61. The van der Waals surface area contributed by atoms with E-state index in [4.69, 9.17) is 11.6 Å². The molecule has 1 aliphatic rings. The standard InChI is InChI=1S/C19H19ClN2O5S/c1-27-19(24)13-5-4-6-14(11-13)21-18(23)16-8-7-15(12-17(16)20)22-9-2-3-10-28(22,25)26/h4-8,11-12H,2-3,9-10H2,1H3,(H,21,23). The van der Waals surface area contributed by atoms with E-state index in [0.29, 0.717) is 29.9 Å². The molecule has 3 rings (SSSR count). The van der Waals surface area contributed by atoms with Gasteiger partial charge < -0.3 is 10.1 Å². The van der Waals surface area contributed by atoms with Gasteiger partial charge in [-0.15, -0.1) is 0 Å². The number of hydrogen-bond donors (Lipinski definition) is 1. The number of halogens is 1. The molecular formula is C19H19ClN2O5S. The van der Waals surface area contributed by atoms with Crippen molar-refractivity contribution in [2.24, 2.45) is 0 Å². The van der Waals surface area contributed by atoms with Gasteiger partial charge in [-0.25, -0.2) is 13.2 Å². The Morgan fingerprint density at radius 1 is 1.14 bits per heavy atom. The van der Waals surface area contributed by atoms with Crippen molar-refractivity contribution in [1.29, 1.82) is 0 Å². The number of nitrogens with one attached hydrogen (secondary N) is 1. The van der Waals surface area contributed by atoms with Gasteiger partial charge in [-0.1, -0.05) is 17.7 Å². The van der Waals surface area contributed by atoms with E-state index in [2.05, 4.69) is 10.1 Å². The summed E-state index contributed by atoms with van der Waals surface area (Å²) in [5.41, 5.74) is 1.35. The Hall–Kier alpha value is -2.58. The summed E-state index contributed by atoms with van der Waals surface area (Å²) in [4.78, 5) is 24.2. The zero-order chi connectivity index (χ0) is 20.3. The molecule has 2 aromatic rings. The molecule has 1 amide bonds. The van der Waals surface area contributed by atoms with Crippen molar-refractivity contribution in [3.8, 4) is 0 Å². The Labute approximate surface area is 168 Å². The fourth-order valence-electron chi connectivity index (χ4n) is 2.96. The lowest BCUT2D eigenvalue weighted by Gasteiger charge is -2.28. The molecule has 9 heteroatoms. The minimum atomic E-state index is -3.36. The van der Waals surface area contributed by atoms with Gasteiger partial charge in [0, 0.05) is 12.2 Å². The van der Waals surface area contributed by atoms with Crippen molar-refractivity contribution in [3.05, 3.63) is 58.6 Å². The lowest BCUT2D eigenvalue weighted by atomic mass is 10.1. The highest BCUT2D eigenvalue weighted by Gasteiger charge is 2.26. The summed E-state index contributed by atoms with van der Waals surface area (Å²) >= 11 is 6.25. The number of rotatable bonds is 4. The van der Waals surface area contributed by atoms with Crippen molar-refractivity contribution in [2.75, 3.05) is 29.0 Å². The van der Waals surface area contributed by atoms with Crippen molar-refractivity contribution < 1.29 is 22.7 Å². The Morgan fingerprint density at radius 3 is 2.61 bits per heavy atom. The zero-order valence-electron chi connectivity index (χ0n) is 15.1. The Kier molecular flexibility index (Phi) is 5.90. The molecule has 0 radical (unpaired) electrons. The van der Waals surface area contributed by atoms with Crippen LogP contribution >= 0.6 is 11.6 Å². The van der Waals surface area contributed by atoms with Crippen LogP contribution < -0.4 is 9.62 Å². The molecule has 7 nitrogen and oxygen atoms in total. The molecule has 0 unspecified atom stereocenters. The third-order valence-electron chi connectivity index (χ3n) is 4.38. The number of hydrogen-bond acceptors (Lipinski definition) is 5. The molecule has 0 aromatic heterocycles. The van der Waals surface area contributed by atoms with Crippen LogP contribution in [0, 0.1) is 0 Å². The number of anilines is 2. The van der Waals surface area contributed by atoms with Gasteiger partial charge in [0.05, 0.1) is 34.7 Å². The van der Waals surface area contributed by atoms with Gasteiger partial charge in [-0.05, 0) is 49.2 Å². The molecule has 0 aliphatic carbocycles. The van der Waals surface area contributed by atoms with E-state index in [9.17, 15) is 18.0 Å². The van der Waals surface area contributed by atoms with Gasteiger partial charge in [0.2, 0.25) is 10.0 Å². The normalized spacial score (nSPS) is 15.7. The van der Waals surface area contributed by atoms with Crippen LogP contribution in [0.3, 0.4) is 0 Å². The van der Waals surface area contributed by atoms with Gasteiger partial charge in [-0.3, -0.25) is 9.10 Å². The molecule has 0 spiro atoms. The average Bonchev–Trinajstić information content (AvgIpc) is 2.67. The molecule has 0 saturated carbocycles. The van der Waals surface area contributed by atoms with E-state index >= 15 is 0 Å². The first-order chi connectivity index (χ1) is 13.3. The lowest BCUT2D eigenvalue weighted by Crippen LogP contribution is -2.37. The van der Waals surface area contributed by atoms with Gasteiger partial charge in [0.15, 0.2) is 0 Å². The molecule has 1 fully saturated rings. The molecule has 2 aromatic carbocycles. The maximum Gasteiger partial charge on any atom is 0.337 e. The number of nitrogens with zero attached hydrogens (tertiary/aromatic N) is 1. The molecule has 28 heavy (non-hydrogen) atoms. The van der Waals surface area contributed by atoms with E-state index in [1.165, 1.54) is 29.6 Å². The molecule has 1 heterocycles. The van der Waals surface area contributed by atoms with Gasteiger partial charge in [0.25, 0.3) is 5.91 Å². The molecular weight excluding hydrogens is 404 g/mol. The van der Waals surface area contributed by atoms with Gasteiger partial charge in [0.1, 0.15) is 0 Å². The van der Waals surface area contributed by atoms with Crippen LogP contribution in [0.5, 0.6) is 0 Å². The van der Waals surface area contributed by atoms with E-state index in [1.54, 1.807) is 24.3 Å². The van der Waals surface area contributed by atoms with Crippen molar-refractivity contribution in [3.63, 3.8) is 0 Å². The maximum absolute atomic E-state index is 12.6. The number of esters is 1. The maximum atomic E-state index is 12.6. The summed E-state index contributed by atoms with van der Waals surface area (Å²) in [5, 5.41) is 2.81. The van der Waals surface area contributed by atoms with Crippen molar-refractivity contribution in [1.82, 2.24) is 0 Å². The fourth-order valence-corrected chi connectivity index (χ4v) is 4.85. The number of benzene rings is 2.